The first-order chi connectivity index (χ1) is 8.80. The van der Waals surface area contributed by atoms with Gasteiger partial charge in [0, 0.05) is 24.7 Å². The van der Waals surface area contributed by atoms with E-state index in [1.54, 1.807) is 0 Å². The summed E-state index contributed by atoms with van der Waals surface area (Å²) in [5, 5.41) is 9.04. The fourth-order valence-corrected chi connectivity index (χ4v) is 3.03. The molecule has 3 nitrogen and oxygen atoms in total. The highest BCUT2D eigenvalue weighted by molar-refractivity contribution is 5.28. The molecule has 1 aliphatic heterocycles. The highest BCUT2D eigenvalue weighted by Gasteiger charge is 2.24. The van der Waals surface area contributed by atoms with Gasteiger partial charge in [-0.15, -0.1) is 0 Å². The second kappa shape index (κ2) is 6.06. The standard InChI is InChI=1S/C15H23N3/c1-3-8-17(9-4-2)13-7-10-18-14(11-13)5-6-15(18)12-16/h5-6,13H,3-4,7-11H2,1-2H3/t13-/m1/s1. The van der Waals surface area contributed by atoms with Crippen molar-refractivity contribution in [3.63, 3.8) is 0 Å². The van der Waals surface area contributed by atoms with Crippen LogP contribution in [0.4, 0.5) is 0 Å². The minimum absolute atomic E-state index is 0.666. The van der Waals surface area contributed by atoms with Crippen LogP contribution >= 0.6 is 0 Å². The first kappa shape index (κ1) is 13.2. The lowest BCUT2D eigenvalue weighted by atomic mass is 10.0. The van der Waals surface area contributed by atoms with E-state index in [4.69, 9.17) is 5.26 Å². The summed E-state index contributed by atoms with van der Waals surface area (Å²) in [7, 11) is 0. The molecule has 0 bridgehead atoms. The summed E-state index contributed by atoms with van der Waals surface area (Å²) in [5.74, 6) is 0. The number of nitrogens with zero attached hydrogens (tertiary/aromatic N) is 3. The Bertz CT molecular complexity index is 421. The molecule has 98 valence electrons. The fourth-order valence-electron chi connectivity index (χ4n) is 3.03. The van der Waals surface area contributed by atoms with Gasteiger partial charge in [-0.3, -0.25) is 4.90 Å². The van der Waals surface area contributed by atoms with Crippen molar-refractivity contribution < 1.29 is 0 Å². The van der Waals surface area contributed by atoms with Crippen LogP contribution in [-0.2, 0) is 13.0 Å². The lowest BCUT2D eigenvalue weighted by Crippen LogP contribution is -2.41. The first-order valence-electron chi connectivity index (χ1n) is 7.12. The van der Waals surface area contributed by atoms with Crippen LogP contribution in [0.25, 0.3) is 0 Å². The van der Waals surface area contributed by atoms with E-state index in [0.717, 1.165) is 18.7 Å². The molecular weight excluding hydrogens is 222 g/mol. The van der Waals surface area contributed by atoms with Gasteiger partial charge in [0.25, 0.3) is 0 Å². The Hall–Kier alpha value is -1.27. The molecule has 1 aliphatic rings. The van der Waals surface area contributed by atoms with Crippen LogP contribution in [0.3, 0.4) is 0 Å². The number of rotatable bonds is 5. The molecule has 0 radical (unpaired) electrons. The number of hydrogen-bond acceptors (Lipinski definition) is 2. The predicted octanol–water partition coefficient (Wildman–Crippen LogP) is 2.80. The molecular formula is C15H23N3. The molecule has 0 unspecified atom stereocenters. The Morgan fingerprint density at radius 2 is 2.06 bits per heavy atom. The molecule has 1 aromatic heterocycles. The van der Waals surface area contributed by atoms with E-state index in [1.165, 1.54) is 38.0 Å². The van der Waals surface area contributed by atoms with Crippen LogP contribution in [0.2, 0.25) is 0 Å². The van der Waals surface area contributed by atoms with Crippen molar-refractivity contribution in [1.82, 2.24) is 9.47 Å². The zero-order chi connectivity index (χ0) is 13.0. The third-order valence-electron chi connectivity index (χ3n) is 3.85. The van der Waals surface area contributed by atoms with Crippen molar-refractivity contribution in [1.29, 1.82) is 5.26 Å². The molecule has 1 aromatic rings. The number of hydrogen-bond donors (Lipinski definition) is 0. The average Bonchev–Trinajstić information content (AvgIpc) is 2.80. The number of nitriles is 1. The molecule has 0 fully saturated rings. The van der Waals surface area contributed by atoms with E-state index in [-0.39, 0.29) is 0 Å². The van der Waals surface area contributed by atoms with E-state index in [0.29, 0.717) is 6.04 Å². The highest BCUT2D eigenvalue weighted by atomic mass is 15.2. The molecule has 18 heavy (non-hydrogen) atoms. The molecule has 0 saturated heterocycles. The van der Waals surface area contributed by atoms with Crippen LogP contribution in [-0.4, -0.2) is 28.6 Å². The highest BCUT2D eigenvalue weighted by Crippen LogP contribution is 2.22. The van der Waals surface area contributed by atoms with Crippen molar-refractivity contribution in [3.05, 3.63) is 23.5 Å². The zero-order valence-corrected chi connectivity index (χ0v) is 11.5. The van der Waals surface area contributed by atoms with E-state index >= 15 is 0 Å². The fraction of sp³-hybridized carbons (Fsp3) is 0.667. The molecule has 0 N–H and O–H groups in total. The molecule has 2 heterocycles. The van der Waals surface area contributed by atoms with Crippen LogP contribution < -0.4 is 0 Å². The quantitative estimate of drug-likeness (QED) is 0.799. The van der Waals surface area contributed by atoms with Gasteiger partial charge in [-0.2, -0.15) is 5.26 Å². The van der Waals surface area contributed by atoms with E-state index in [2.05, 4.69) is 35.5 Å². The summed E-state index contributed by atoms with van der Waals surface area (Å²) in [4.78, 5) is 2.63. The largest absolute Gasteiger partial charge is 0.336 e. The van der Waals surface area contributed by atoms with E-state index in [1.807, 2.05) is 6.07 Å². The van der Waals surface area contributed by atoms with Gasteiger partial charge in [0.2, 0.25) is 0 Å². The van der Waals surface area contributed by atoms with Gasteiger partial charge in [-0.1, -0.05) is 13.8 Å². The van der Waals surface area contributed by atoms with Gasteiger partial charge >= 0.3 is 0 Å². The van der Waals surface area contributed by atoms with Gasteiger partial charge in [0.15, 0.2) is 0 Å². The molecule has 2 rings (SSSR count). The monoisotopic (exact) mass is 245 g/mol. The smallest absolute Gasteiger partial charge is 0.120 e. The van der Waals surface area contributed by atoms with Crippen molar-refractivity contribution in [2.45, 2.75) is 52.1 Å². The lowest BCUT2D eigenvalue weighted by molar-refractivity contribution is 0.167. The second-order valence-electron chi connectivity index (χ2n) is 5.16. The number of aromatic nitrogens is 1. The molecule has 1 atom stereocenters. The van der Waals surface area contributed by atoms with Gasteiger partial charge in [0.1, 0.15) is 11.8 Å². The molecule has 0 aromatic carbocycles. The maximum atomic E-state index is 9.04. The van der Waals surface area contributed by atoms with Crippen LogP contribution in [0, 0.1) is 11.3 Å². The SMILES string of the molecule is CCCN(CCC)[C@@H]1CCn2c(C#N)ccc2C1. The van der Waals surface area contributed by atoms with Crippen molar-refractivity contribution >= 4 is 0 Å². The second-order valence-corrected chi connectivity index (χ2v) is 5.16. The lowest BCUT2D eigenvalue weighted by Gasteiger charge is -2.35. The van der Waals surface area contributed by atoms with Crippen molar-refractivity contribution in [3.8, 4) is 6.07 Å². The third-order valence-corrected chi connectivity index (χ3v) is 3.85. The van der Waals surface area contributed by atoms with Gasteiger partial charge in [-0.25, -0.2) is 0 Å². The molecule has 0 aliphatic carbocycles. The molecule has 0 amide bonds. The Kier molecular flexibility index (Phi) is 4.43. The summed E-state index contributed by atoms with van der Waals surface area (Å²) in [6.07, 6.45) is 4.72. The summed E-state index contributed by atoms with van der Waals surface area (Å²) in [6.45, 7) is 7.90. The maximum Gasteiger partial charge on any atom is 0.120 e. The zero-order valence-electron chi connectivity index (χ0n) is 11.5. The minimum Gasteiger partial charge on any atom is -0.336 e. The first-order valence-corrected chi connectivity index (χ1v) is 7.12. The Morgan fingerprint density at radius 3 is 2.67 bits per heavy atom. The Labute approximate surface area is 110 Å². The summed E-state index contributed by atoms with van der Waals surface area (Å²) in [6, 6.07) is 7.03. The summed E-state index contributed by atoms with van der Waals surface area (Å²) < 4.78 is 2.19. The van der Waals surface area contributed by atoms with Crippen molar-refractivity contribution in [2.24, 2.45) is 0 Å². The van der Waals surface area contributed by atoms with Crippen LogP contribution in [0.15, 0.2) is 12.1 Å². The predicted molar refractivity (Wildman–Crippen MR) is 73.4 cm³/mol. The Morgan fingerprint density at radius 1 is 1.33 bits per heavy atom. The Balaban J connectivity index is 2.08. The van der Waals surface area contributed by atoms with Crippen LogP contribution in [0.5, 0.6) is 0 Å². The van der Waals surface area contributed by atoms with Crippen LogP contribution in [0.1, 0.15) is 44.5 Å². The van der Waals surface area contributed by atoms with Crippen molar-refractivity contribution in [2.75, 3.05) is 13.1 Å². The topological polar surface area (TPSA) is 32.0 Å². The van der Waals surface area contributed by atoms with E-state index < -0.39 is 0 Å². The normalized spacial score (nSPS) is 18.7. The summed E-state index contributed by atoms with van der Waals surface area (Å²) >= 11 is 0. The van der Waals surface area contributed by atoms with E-state index in [9.17, 15) is 0 Å². The maximum absolute atomic E-state index is 9.04. The number of fused-ring (bicyclic) bond motifs is 1. The van der Waals surface area contributed by atoms with Gasteiger partial charge < -0.3 is 4.57 Å². The molecule has 0 spiro atoms. The molecule has 3 heteroatoms. The summed E-state index contributed by atoms with van der Waals surface area (Å²) in [5.41, 5.74) is 2.15. The average molecular weight is 245 g/mol. The van der Waals surface area contributed by atoms with Gasteiger partial charge in [0.05, 0.1) is 0 Å². The third kappa shape index (κ3) is 2.59. The van der Waals surface area contributed by atoms with Gasteiger partial charge in [-0.05, 0) is 44.5 Å². The minimum atomic E-state index is 0.666. The molecule has 0 saturated carbocycles.